The van der Waals surface area contributed by atoms with Gasteiger partial charge >= 0.3 is 0 Å². The van der Waals surface area contributed by atoms with Crippen molar-refractivity contribution in [3.8, 4) is 10.6 Å². The summed E-state index contributed by atoms with van der Waals surface area (Å²) in [4.78, 5) is 12.8. The highest BCUT2D eigenvalue weighted by Crippen LogP contribution is 2.38. The highest BCUT2D eigenvalue weighted by atomic mass is 32.1. The van der Waals surface area contributed by atoms with E-state index >= 15 is 0 Å². The average Bonchev–Trinajstić information content (AvgIpc) is 3.00. The van der Waals surface area contributed by atoms with E-state index in [1.54, 1.807) is 0 Å². The number of nitrogens with zero attached hydrogens (tertiary/aromatic N) is 3. The smallest absolute Gasteiger partial charge is 0.261 e. The quantitative estimate of drug-likeness (QED) is 0.941. The number of aromatic nitrogens is 3. The SMILES string of the molecule is CNc1nnc(-c2cc3c(n(C4CC4)c2=O)CCC3)s1. The molecule has 0 amide bonds. The molecule has 5 nitrogen and oxygen atoms in total. The molecule has 1 fully saturated rings. The van der Waals surface area contributed by atoms with Crippen LogP contribution in [0.15, 0.2) is 10.9 Å². The summed E-state index contributed by atoms with van der Waals surface area (Å²) in [6.45, 7) is 0. The molecule has 0 saturated heterocycles. The van der Waals surface area contributed by atoms with Crippen LogP contribution in [0.4, 0.5) is 5.13 Å². The molecule has 2 aliphatic rings. The standard InChI is InChI=1S/C14H16N4OS/c1-15-14-17-16-12(20-14)10-7-8-3-2-4-11(8)18(13(10)19)9-5-6-9/h7,9H,2-6H2,1H3,(H,15,17). The van der Waals surface area contributed by atoms with Crippen molar-refractivity contribution in [2.24, 2.45) is 0 Å². The number of hydrogen-bond donors (Lipinski definition) is 1. The van der Waals surface area contributed by atoms with Crippen LogP contribution < -0.4 is 10.9 Å². The highest BCUT2D eigenvalue weighted by Gasteiger charge is 2.31. The number of aryl methyl sites for hydroxylation is 1. The topological polar surface area (TPSA) is 59.8 Å². The minimum atomic E-state index is 0.118. The molecule has 2 aliphatic carbocycles. The number of pyridine rings is 1. The third kappa shape index (κ3) is 1.78. The molecule has 0 aromatic carbocycles. The molecule has 20 heavy (non-hydrogen) atoms. The second-order valence-electron chi connectivity index (χ2n) is 5.45. The minimum Gasteiger partial charge on any atom is -0.363 e. The fraction of sp³-hybridized carbons (Fsp3) is 0.500. The average molecular weight is 288 g/mol. The Morgan fingerprint density at radius 2 is 2.20 bits per heavy atom. The lowest BCUT2D eigenvalue weighted by Gasteiger charge is -2.12. The van der Waals surface area contributed by atoms with Crippen molar-refractivity contribution in [3.63, 3.8) is 0 Å². The number of hydrogen-bond acceptors (Lipinski definition) is 5. The monoisotopic (exact) mass is 288 g/mol. The Kier molecular flexibility index (Phi) is 2.66. The molecule has 4 rings (SSSR count). The van der Waals surface area contributed by atoms with Gasteiger partial charge in [-0.1, -0.05) is 11.3 Å². The maximum absolute atomic E-state index is 12.8. The zero-order chi connectivity index (χ0) is 13.7. The van der Waals surface area contributed by atoms with Crippen LogP contribution in [0.3, 0.4) is 0 Å². The van der Waals surface area contributed by atoms with Crippen LogP contribution in [0.5, 0.6) is 0 Å². The molecular formula is C14H16N4OS. The molecule has 1 N–H and O–H groups in total. The van der Waals surface area contributed by atoms with Crippen LogP contribution >= 0.6 is 11.3 Å². The normalized spacial score (nSPS) is 17.2. The second kappa shape index (κ2) is 4.41. The van der Waals surface area contributed by atoms with Crippen molar-refractivity contribution < 1.29 is 0 Å². The molecule has 0 atom stereocenters. The van der Waals surface area contributed by atoms with Crippen LogP contribution in [-0.4, -0.2) is 21.8 Å². The van der Waals surface area contributed by atoms with E-state index in [-0.39, 0.29) is 5.56 Å². The van der Waals surface area contributed by atoms with Crippen molar-refractivity contribution in [2.45, 2.75) is 38.1 Å². The van der Waals surface area contributed by atoms with E-state index in [0.29, 0.717) is 6.04 Å². The van der Waals surface area contributed by atoms with E-state index < -0.39 is 0 Å². The Hall–Kier alpha value is -1.69. The number of rotatable bonds is 3. The van der Waals surface area contributed by atoms with Gasteiger partial charge in [-0.05, 0) is 43.7 Å². The zero-order valence-corrected chi connectivity index (χ0v) is 12.2. The van der Waals surface area contributed by atoms with Gasteiger partial charge in [0.25, 0.3) is 5.56 Å². The van der Waals surface area contributed by atoms with Crippen molar-refractivity contribution in [3.05, 3.63) is 27.7 Å². The maximum atomic E-state index is 12.8. The molecule has 0 spiro atoms. The van der Waals surface area contributed by atoms with E-state index in [9.17, 15) is 4.79 Å². The molecule has 2 aromatic rings. The largest absolute Gasteiger partial charge is 0.363 e. The van der Waals surface area contributed by atoms with E-state index in [0.717, 1.165) is 47.8 Å². The van der Waals surface area contributed by atoms with Gasteiger partial charge in [0.05, 0.1) is 5.56 Å². The molecule has 6 heteroatoms. The van der Waals surface area contributed by atoms with E-state index in [1.165, 1.54) is 22.6 Å². The first-order valence-electron chi connectivity index (χ1n) is 7.07. The third-order valence-corrected chi connectivity index (χ3v) is 5.04. The van der Waals surface area contributed by atoms with E-state index in [2.05, 4.69) is 15.5 Å². The number of fused-ring (bicyclic) bond motifs is 1. The Morgan fingerprint density at radius 1 is 1.35 bits per heavy atom. The van der Waals surface area contributed by atoms with Gasteiger partial charge in [0.15, 0.2) is 5.01 Å². The summed E-state index contributed by atoms with van der Waals surface area (Å²) in [6, 6.07) is 2.47. The van der Waals surface area contributed by atoms with Crippen LogP contribution in [-0.2, 0) is 12.8 Å². The van der Waals surface area contributed by atoms with Gasteiger partial charge in [-0.25, -0.2) is 0 Å². The fourth-order valence-corrected chi connectivity index (χ4v) is 3.68. The molecule has 0 aliphatic heterocycles. The third-order valence-electron chi connectivity index (χ3n) is 4.07. The van der Waals surface area contributed by atoms with Gasteiger partial charge in [-0.2, -0.15) is 0 Å². The summed E-state index contributed by atoms with van der Waals surface area (Å²) in [5, 5.41) is 12.7. The lowest BCUT2D eigenvalue weighted by molar-refractivity contribution is 0.666. The van der Waals surface area contributed by atoms with Crippen molar-refractivity contribution in [1.82, 2.24) is 14.8 Å². The Morgan fingerprint density at radius 3 is 2.90 bits per heavy atom. The van der Waals surface area contributed by atoms with Crippen LogP contribution in [0.2, 0.25) is 0 Å². The molecule has 0 radical (unpaired) electrons. The Bertz CT molecular complexity index is 729. The first kappa shape index (κ1) is 12.1. The second-order valence-corrected chi connectivity index (χ2v) is 6.43. The van der Waals surface area contributed by atoms with Crippen molar-refractivity contribution >= 4 is 16.5 Å². The molecule has 1 saturated carbocycles. The summed E-state index contributed by atoms with van der Waals surface area (Å²) in [7, 11) is 1.81. The molecule has 0 bridgehead atoms. The molecule has 0 unspecified atom stereocenters. The van der Waals surface area contributed by atoms with Gasteiger partial charge in [0.2, 0.25) is 5.13 Å². The van der Waals surface area contributed by atoms with Crippen LogP contribution in [0.25, 0.3) is 10.6 Å². The summed E-state index contributed by atoms with van der Waals surface area (Å²) < 4.78 is 2.04. The van der Waals surface area contributed by atoms with E-state index in [4.69, 9.17) is 0 Å². The summed E-state index contributed by atoms with van der Waals surface area (Å²) in [6.07, 6.45) is 5.54. The van der Waals surface area contributed by atoms with Crippen LogP contribution in [0.1, 0.15) is 36.6 Å². The van der Waals surface area contributed by atoms with Gasteiger partial charge in [0.1, 0.15) is 0 Å². The lowest BCUT2D eigenvalue weighted by atomic mass is 10.1. The molecule has 2 heterocycles. The minimum absolute atomic E-state index is 0.118. The number of anilines is 1. The fourth-order valence-electron chi connectivity index (χ4n) is 2.98. The first-order chi connectivity index (χ1) is 9.78. The van der Waals surface area contributed by atoms with Gasteiger partial charge in [0, 0.05) is 18.8 Å². The molecule has 2 aromatic heterocycles. The summed E-state index contributed by atoms with van der Waals surface area (Å²) in [5.74, 6) is 0. The zero-order valence-electron chi connectivity index (χ0n) is 11.3. The van der Waals surface area contributed by atoms with Gasteiger partial charge < -0.3 is 9.88 Å². The first-order valence-corrected chi connectivity index (χ1v) is 7.88. The summed E-state index contributed by atoms with van der Waals surface area (Å²) in [5.41, 5.74) is 3.43. The van der Waals surface area contributed by atoms with Crippen molar-refractivity contribution in [1.29, 1.82) is 0 Å². The van der Waals surface area contributed by atoms with Gasteiger partial charge in [-0.3, -0.25) is 4.79 Å². The maximum Gasteiger partial charge on any atom is 0.261 e. The number of nitrogens with one attached hydrogen (secondary N) is 1. The Balaban J connectivity index is 1.92. The van der Waals surface area contributed by atoms with Crippen LogP contribution in [0, 0.1) is 0 Å². The summed E-state index contributed by atoms with van der Waals surface area (Å²) >= 11 is 1.44. The van der Waals surface area contributed by atoms with Gasteiger partial charge in [-0.15, -0.1) is 10.2 Å². The highest BCUT2D eigenvalue weighted by molar-refractivity contribution is 7.18. The molecular weight excluding hydrogens is 272 g/mol. The predicted molar refractivity (Wildman–Crippen MR) is 79.4 cm³/mol. The lowest BCUT2D eigenvalue weighted by Crippen LogP contribution is -2.24. The molecule has 104 valence electrons. The predicted octanol–water partition coefficient (Wildman–Crippen LogP) is 2.23. The Labute approximate surface area is 120 Å². The van der Waals surface area contributed by atoms with E-state index in [1.807, 2.05) is 17.7 Å². The van der Waals surface area contributed by atoms with Crippen molar-refractivity contribution in [2.75, 3.05) is 12.4 Å².